The van der Waals surface area contributed by atoms with Gasteiger partial charge >= 0.3 is 0 Å². The van der Waals surface area contributed by atoms with Crippen molar-refractivity contribution in [2.75, 3.05) is 26.8 Å². The van der Waals surface area contributed by atoms with Crippen LogP contribution in [0, 0.1) is 0 Å². The molecule has 0 aromatic carbocycles. The first-order valence-electron chi connectivity index (χ1n) is 4.85. The zero-order valence-corrected chi connectivity index (χ0v) is 9.79. The van der Waals surface area contributed by atoms with Gasteiger partial charge in [0, 0.05) is 13.6 Å². The fourth-order valence-corrected chi connectivity index (χ4v) is 1.64. The van der Waals surface area contributed by atoms with Crippen LogP contribution < -0.4 is 5.32 Å². The Morgan fingerprint density at radius 2 is 2.27 bits per heavy atom. The Hall–Kier alpha value is -0.750. The van der Waals surface area contributed by atoms with Crippen LogP contribution in [0.2, 0.25) is 0 Å². The van der Waals surface area contributed by atoms with Crippen molar-refractivity contribution >= 4 is 24.4 Å². The molecule has 0 aromatic heterocycles. The number of hydrogen-bond acceptors (Lipinski definition) is 4. The van der Waals surface area contributed by atoms with Crippen molar-refractivity contribution in [3.63, 3.8) is 0 Å². The summed E-state index contributed by atoms with van der Waals surface area (Å²) in [5.41, 5.74) is 0. The van der Waals surface area contributed by atoms with Gasteiger partial charge in [-0.25, -0.2) is 0 Å². The third-order valence-corrected chi connectivity index (χ3v) is 2.54. The molecule has 1 rings (SSSR count). The van der Waals surface area contributed by atoms with Gasteiger partial charge in [-0.05, 0) is 6.92 Å². The molecular weight excluding hydrogens is 216 g/mol. The van der Waals surface area contributed by atoms with Gasteiger partial charge in [0.1, 0.15) is 6.04 Å². The summed E-state index contributed by atoms with van der Waals surface area (Å²) in [6, 6.07) is -0.522. The van der Waals surface area contributed by atoms with Crippen LogP contribution in [0.1, 0.15) is 6.92 Å². The standard InChI is InChI=1S/C9H16N2O3S/c1-6(15)9(13)11-3-4-14-5-7(11)8(12)10-2/h6-7,15H,3-5H2,1-2H3,(H,10,12). The minimum Gasteiger partial charge on any atom is -0.377 e. The maximum atomic E-state index is 11.7. The van der Waals surface area contributed by atoms with Gasteiger partial charge in [0.15, 0.2) is 0 Å². The first kappa shape index (κ1) is 12.3. The van der Waals surface area contributed by atoms with E-state index < -0.39 is 11.3 Å². The number of thiol groups is 1. The normalized spacial score (nSPS) is 23.4. The second kappa shape index (κ2) is 5.37. The summed E-state index contributed by atoms with van der Waals surface area (Å²) in [5, 5.41) is 2.13. The van der Waals surface area contributed by atoms with E-state index in [-0.39, 0.29) is 18.4 Å². The lowest BCUT2D eigenvalue weighted by Crippen LogP contribution is -2.56. The topological polar surface area (TPSA) is 58.6 Å². The third kappa shape index (κ3) is 2.85. The molecule has 2 unspecified atom stereocenters. The number of nitrogens with one attached hydrogen (secondary N) is 1. The summed E-state index contributed by atoms with van der Waals surface area (Å²) < 4.78 is 5.19. The maximum Gasteiger partial charge on any atom is 0.244 e. The molecule has 86 valence electrons. The van der Waals surface area contributed by atoms with E-state index in [9.17, 15) is 9.59 Å². The van der Waals surface area contributed by atoms with Gasteiger partial charge in [0.2, 0.25) is 11.8 Å². The van der Waals surface area contributed by atoms with E-state index in [1.165, 1.54) is 4.90 Å². The van der Waals surface area contributed by atoms with Gasteiger partial charge in [-0.1, -0.05) is 0 Å². The van der Waals surface area contributed by atoms with Gasteiger partial charge in [-0.3, -0.25) is 9.59 Å². The Bertz CT molecular complexity index is 258. The molecule has 1 fully saturated rings. The van der Waals surface area contributed by atoms with Gasteiger partial charge in [-0.15, -0.1) is 0 Å². The van der Waals surface area contributed by atoms with E-state index in [2.05, 4.69) is 17.9 Å². The fourth-order valence-electron chi connectivity index (χ4n) is 1.49. The van der Waals surface area contributed by atoms with Crippen molar-refractivity contribution < 1.29 is 14.3 Å². The highest BCUT2D eigenvalue weighted by Gasteiger charge is 2.33. The monoisotopic (exact) mass is 232 g/mol. The van der Waals surface area contributed by atoms with Gasteiger partial charge < -0.3 is 15.0 Å². The quantitative estimate of drug-likeness (QED) is 0.618. The smallest absolute Gasteiger partial charge is 0.244 e. The number of rotatable bonds is 2. The van der Waals surface area contributed by atoms with Gasteiger partial charge in [0.25, 0.3) is 0 Å². The Morgan fingerprint density at radius 3 is 2.80 bits per heavy atom. The molecule has 1 aliphatic heterocycles. The number of amides is 2. The Kier molecular flexibility index (Phi) is 4.41. The van der Waals surface area contributed by atoms with Crippen molar-refractivity contribution in [2.24, 2.45) is 0 Å². The number of carbonyl (C=O) groups excluding carboxylic acids is 2. The average Bonchev–Trinajstić information content (AvgIpc) is 2.27. The van der Waals surface area contributed by atoms with Crippen molar-refractivity contribution in [1.29, 1.82) is 0 Å². The molecular formula is C9H16N2O3S. The van der Waals surface area contributed by atoms with Crippen LogP contribution in [-0.2, 0) is 14.3 Å². The summed E-state index contributed by atoms with van der Waals surface area (Å²) in [7, 11) is 1.55. The Balaban J connectivity index is 2.73. The van der Waals surface area contributed by atoms with Crippen molar-refractivity contribution in [2.45, 2.75) is 18.2 Å². The van der Waals surface area contributed by atoms with Crippen LogP contribution in [0.25, 0.3) is 0 Å². The molecule has 1 saturated heterocycles. The van der Waals surface area contributed by atoms with E-state index >= 15 is 0 Å². The first-order valence-corrected chi connectivity index (χ1v) is 5.37. The maximum absolute atomic E-state index is 11.7. The lowest BCUT2D eigenvalue weighted by atomic mass is 10.2. The average molecular weight is 232 g/mol. The largest absolute Gasteiger partial charge is 0.377 e. The number of hydrogen-bond donors (Lipinski definition) is 2. The molecule has 5 nitrogen and oxygen atoms in total. The predicted molar refractivity (Wildman–Crippen MR) is 58.8 cm³/mol. The van der Waals surface area contributed by atoms with Crippen molar-refractivity contribution in [1.82, 2.24) is 10.2 Å². The molecule has 1 N–H and O–H groups in total. The summed E-state index contributed by atoms with van der Waals surface area (Å²) in [4.78, 5) is 24.8. The Labute approximate surface area is 94.6 Å². The molecule has 0 aromatic rings. The van der Waals surface area contributed by atoms with E-state index in [0.29, 0.717) is 13.2 Å². The van der Waals surface area contributed by atoms with Crippen molar-refractivity contribution in [3.05, 3.63) is 0 Å². The molecule has 15 heavy (non-hydrogen) atoms. The molecule has 6 heteroatoms. The molecule has 0 spiro atoms. The van der Waals surface area contributed by atoms with Crippen molar-refractivity contribution in [3.8, 4) is 0 Å². The number of carbonyl (C=O) groups is 2. The molecule has 0 aliphatic carbocycles. The number of likely N-dealkylation sites (N-methyl/N-ethyl adjacent to an activating group) is 1. The van der Waals surface area contributed by atoms with Crippen LogP contribution in [0.15, 0.2) is 0 Å². The summed E-state index contributed by atoms with van der Waals surface area (Å²) >= 11 is 4.08. The minimum atomic E-state index is -0.522. The molecule has 1 heterocycles. The molecule has 0 radical (unpaired) electrons. The second-order valence-electron chi connectivity index (χ2n) is 3.41. The van der Waals surface area contributed by atoms with Crippen LogP contribution in [-0.4, -0.2) is 54.8 Å². The van der Waals surface area contributed by atoms with E-state index in [4.69, 9.17) is 4.74 Å². The highest BCUT2D eigenvalue weighted by Crippen LogP contribution is 2.11. The number of ether oxygens (including phenoxy) is 1. The summed E-state index contributed by atoms with van der Waals surface area (Å²) in [6.07, 6.45) is 0. The summed E-state index contributed by atoms with van der Waals surface area (Å²) in [5.74, 6) is -0.327. The molecule has 0 saturated carbocycles. The molecule has 0 bridgehead atoms. The predicted octanol–water partition coefficient (Wildman–Crippen LogP) is -0.722. The molecule has 2 amide bonds. The molecule has 2 atom stereocenters. The SMILES string of the molecule is CNC(=O)C1COCCN1C(=O)C(C)S. The van der Waals surface area contributed by atoms with E-state index in [1.54, 1.807) is 14.0 Å². The van der Waals surface area contributed by atoms with Crippen LogP contribution in [0.4, 0.5) is 0 Å². The third-order valence-electron chi connectivity index (χ3n) is 2.32. The minimum absolute atomic E-state index is 0.129. The summed E-state index contributed by atoms with van der Waals surface area (Å²) in [6.45, 7) is 2.87. The molecule has 1 aliphatic rings. The number of nitrogens with zero attached hydrogens (tertiary/aromatic N) is 1. The first-order chi connectivity index (χ1) is 7.07. The van der Waals surface area contributed by atoms with Crippen LogP contribution >= 0.6 is 12.6 Å². The highest BCUT2D eigenvalue weighted by atomic mass is 32.1. The number of morpholine rings is 1. The van der Waals surface area contributed by atoms with E-state index in [1.807, 2.05) is 0 Å². The zero-order chi connectivity index (χ0) is 11.4. The second-order valence-corrected chi connectivity index (χ2v) is 4.19. The highest BCUT2D eigenvalue weighted by molar-refractivity contribution is 7.81. The van der Waals surface area contributed by atoms with E-state index in [0.717, 1.165) is 0 Å². The zero-order valence-electron chi connectivity index (χ0n) is 8.90. The fraction of sp³-hybridized carbons (Fsp3) is 0.778. The van der Waals surface area contributed by atoms with Gasteiger partial charge in [0.05, 0.1) is 18.5 Å². The lowest BCUT2D eigenvalue weighted by Gasteiger charge is -2.35. The van der Waals surface area contributed by atoms with Crippen LogP contribution in [0.3, 0.4) is 0 Å². The Morgan fingerprint density at radius 1 is 1.60 bits per heavy atom. The van der Waals surface area contributed by atoms with Gasteiger partial charge in [-0.2, -0.15) is 12.6 Å². The van der Waals surface area contributed by atoms with Crippen LogP contribution in [0.5, 0.6) is 0 Å². The lowest BCUT2D eigenvalue weighted by molar-refractivity contribution is -0.147.